The van der Waals surface area contributed by atoms with E-state index in [1.165, 1.54) is 4.31 Å². The Hall–Kier alpha value is 0.390. The van der Waals surface area contributed by atoms with Crippen molar-refractivity contribution in [3.8, 4) is 0 Å². The van der Waals surface area contributed by atoms with E-state index < -0.39 is 10.0 Å². The van der Waals surface area contributed by atoms with Crippen LogP contribution in [0.5, 0.6) is 0 Å². The van der Waals surface area contributed by atoms with Gasteiger partial charge in [-0.05, 0) is 12.8 Å². The topological polar surface area (TPSA) is 37.4 Å². The largest absolute Gasteiger partial charge is 0.216 e. The van der Waals surface area contributed by atoms with Crippen molar-refractivity contribution in [1.82, 2.24) is 4.31 Å². The van der Waals surface area contributed by atoms with Gasteiger partial charge in [0.25, 0.3) is 0 Å². The first-order valence-electron chi connectivity index (χ1n) is 4.04. The Bertz CT molecular complexity index is 246. The standard InChI is InChI=1S/C7H14BrNO2S/c1-6(8)5-9(2)12(10,11)7-3-4-7/h6-7H,3-5H2,1-2H3. The van der Waals surface area contributed by atoms with Gasteiger partial charge in [0.2, 0.25) is 10.0 Å². The fourth-order valence-corrected chi connectivity index (χ4v) is 3.38. The number of nitrogens with zero attached hydrogens (tertiary/aromatic N) is 1. The summed E-state index contributed by atoms with van der Waals surface area (Å²) in [5.74, 6) is 0. The number of sulfonamides is 1. The van der Waals surface area contributed by atoms with Gasteiger partial charge in [-0.3, -0.25) is 0 Å². The van der Waals surface area contributed by atoms with Crippen LogP contribution >= 0.6 is 15.9 Å². The molecule has 72 valence electrons. The molecule has 0 aromatic rings. The lowest BCUT2D eigenvalue weighted by molar-refractivity contribution is 0.472. The van der Waals surface area contributed by atoms with E-state index in [-0.39, 0.29) is 10.1 Å². The highest BCUT2D eigenvalue weighted by Crippen LogP contribution is 2.30. The summed E-state index contributed by atoms with van der Waals surface area (Å²) >= 11 is 3.33. The minimum absolute atomic E-state index is 0.0891. The molecule has 1 fully saturated rings. The molecule has 1 aliphatic carbocycles. The zero-order valence-electron chi connectivity index (χ0n) is 7.33. The number of alkyl halides is 1. The lowest BCUT2D eigenvalue weighted by Gasteiger charge is -2.17. The fraction of sp³-hybridized carbons (Fsp3) is 1.00. The van der Waals surface area contributed by atoms with E-state index in [0.29, 0.717) is 6.54 Å². The maximum atomic E-state index is 11.5. The summed E-state index contributed by atoms with van der Waals surface area (Å²) in [5, 5.41) is -0.0891. The zero-order chi connectivity index (χ0) is 9.35. The SMILES string of the molecule is CC(Br)CN(C)S(=O)(=O)C1CC1. The Morgan fingerprint density at radius 2 is 2.08 bits per heavy atom. The average Bonchev–Trinajstić information content (AvgIpc) is 2.65. The number of halogens is 1. The van der Waals surface area contributed by atoms with Crippen molar-refractivity contribution in [2.75, 3.05) is 13.6 Å². The molecule has 1 rings (SSSR count). The molecule has 5 heteroatoms. The molecular weight excluding hydrogens is 242 g/mol. The molecule has 12 heavy (non-hydrogen) atoms. The van der Waals surface area contributed by atoms with Crippen molar-refractivity contribution < 1.29 is 8.42 Å². The Labute approximate surface area is 82.3 Å². The lowest BCUT2D eigenvalue weighted by Crippen LogP contribution is -2.33. The van der Waals surface area contributed by atoms with Gasteiger partial charge >= 0.3 is 0 Å². The highest BCUT2D eigenvalue weighted by Gasteiger charge is 2.38. The average molecular weight is 256 g/mol. The monoisotopic (exact) mass is 255 g/mol. The van der Waals surface area contributed by atoms with E-state index in [0.717, 1.165) is 12.8 Å². The zero-order valence-corrected chi connectivity index (χ0v) is 9.73. The molecule has 1 aliphatic rings. The molecular formula is C7H14BrNO2S. The Kier molecular flexibility index (Phi) is 3.17. The summed E-state index contributed by atoms with van der Waals surface area (Å²) in [5.41, 5.74) is 0. The molecule has 0 spiro atoms. The molecule has 0 N–H and O–H groups in total. The summed E-state index contributed by atoms with van der Waals surface area (Å²) in [6.07, 6.45) is 1.67. The van der Waals surface area contributed by atoms with Crippen LogP contribution in [0.15, 0.2) is 0 Å². The first kappa shape index (κ1) is 10.5. The molecule has 1 atom stereocenters. The Balaban J connectivity index is 2.55. The van der Waals surface area contributed by atoms with Crippen LogP contribution < -0.4 is 0 Å². The van der Waals surface area contributed by atoms with E-state index >= 15 is 0 Å². The van der Waals surface area contributed by atoms with Crippen molar-refractivity contribution in [2.45, 2.75) is 29.8 Å². The van der Waals surface area contributed by atoms with Crippen LogP contribution in [-0.2, 0) is 10.0 Å². The van der Waals surface area contributed by atoms with Crippen molar-refractivity contribution in [2.24, 2.45) is 0 Å². The molecule has 3 nitrogen and oxygen atoms in total. The molecule has 1 unspecified atom stereocenters. The van der Waals surface area contributed by atoms with Gasteiger partial charge in [-0.25, -0.2) is 12.7 Å². The maximum absolute atomic E-state index is 11.5. The predicted octanol–water partition coefficient (Wildman–Crippen LogP) is 1.19. The molecule has 1 saturated carbocycles. The normalized spacial score (nSPS) is 21.3. The predicted molar refractivity (Wildman–Crippen MR) is 53.0 cm³/mol. The van der Waals surface area contributed by atoms with Gasteiger partial charge in [0.15, 0.2) is 0 Å². The van der Waals surface area contributed by atoms with Crippen LogP contribution in [0.1, 0.15) is 19.8 Å². The van der Waals surface area contributed by atoms with Gasteiger partial charge in [0, 0.05) is 18.4 Å². The van der Waals surface area contributed by atoms with E-state index in [9.17, 15) is 8.42 Å². The van der Waals surface area contributed by atoms with Crippen molar-refractivity contribution >= 4 is 26.0 Å². The molecule has 0 radical (unpaired) electrons. The van der Waals surface area contributed by atoms with Crippen LogP contribution in [0, 0.1) is 0 Å². The minimum atomic E-state index is -2.96. The molecule has 0 aliphatic heterocycles. The highest BCUT2D eigenvalue weighted by molar-refractivity contribution is 9.09. The van der Waals surface area contributed by atoms with Gasteiger partial charge in [-0.2, -0.15) is 0 Å². The van der Waals surface area contributed by atoms with E-state index in [4.69, 9.17) is 0 Å². The van der Waals surface area contributed by atoms with Gasteiger partial charge < -0.3 is 0 Å². The van der Waals surface area contributed by atoms with Gasteiger partial charge in [0.1, 0.15) is 0 Å². The summed E-state index contributed by atoms with van der Waals surface area (Å²) in [6.45, 7) is 2.50. The summed E-state index contributed by atoms with van der Waals surface area (Å²) < 4.78 is 24.5. The van der Waals surface area contributed by atoms with Crippen LogP contribution in [0.2, 0.25) is 0 Å². The molecule has 0 aromatic carbocycles. The van der Waals surface area contributed by atoms with E-state index in [1.54, 1.807) is 7.05 Å². The first-order chi connectivity index (χ1) is 5.44. The van der Waals surface area contributed by atoms with Gasteiger partial charge in [0.05, 0.1) is 5.25 Å². The summed E-state index contributed by atoms with van der Waals surface area (Å²) in [4.78, 5) is 0.219. The third-order valence-corrected chi connectivity index (χ3v) is 4.51. The quantitative estimate of drug-likeness (QED) is 0.709. The molecule has 0 aromatic heterocycles. The van der Waals surface area contributed by atoms with Crippen LogP contribution in [0.3, 0.4) is 0 Å². The molecule has 0 heterocycles. The van der Waals surface area contributed by atoms with Crippen LogP contribution in [0.4, 0.5) is 0 Å². The van der Waals surface area contributed by atoms with E-state index in [2.05, 4.69) is 15.9 Å². The summed E-state index contributed by atoms with van der Waals surface area (Å²) in [7, 11) is -1.31. The van der Waals surface area contributed by atoms with E-state index in [1.807, 2.05) is 6.92 Å². The Morgan fingerprint density at radius 3 is 2.42 bits per heavy atom. The maximum Gasteiger partial charge on any atom is 0.216 e. The second-order valence-electron chi connectivity index (χ2n) is 3.31. The van der Waals surface area contributed by atoms with Crippen LogP contribution in [0.25, 0.3) is 0 Å². The smallest absolute Gasteiger partial charge is 0.212 e. The van der Waals surface area contributed by atoms with Crippen molar-refractivity contribution in [3.63, 3.8) is 0 Å². The first-order valence-corrected chi connectivity index (χ1v) is 6.45. The number of hydrogen-bond donors (Lipinski definition) is 0. The molecule has 0 saturated heterocycles. The second kappa shape index (κ2) is 3.64. The third kappa shape index (κ3) is 2.44. The highest BCUT2D eigenvalue weighted by atomic mass is 79.9. The van der Waals surface area contributed by atoms with Gasteiger partial charge in [-0.1, -0.05) is 22.9 Å². The van der Waals surface area contributed by atoms with Crippen molar-refractivity contribution in [1.29, 1.82) is 0 Å². The number of rotatable bonds is 4. The second-order valence-corrected chi connectivity index (χ2v) is 7.19. The molecule has 0 bridgehead atoms. The molecule has 0 amide bonds. The van der Waals surface area contributed by atoms with Crippen molar-refractivity contribution in [3.05, 3.63) is 0 Å². The van der Waals surface area contributed by atoms with Gasteiger partial charge in [-0.15, -0.1) is 0 Å². The minimum Gasteiger partial charge on any atom is -0.212 e. The Morgan fingerprint density at radius 1 is 1.58 bits per heavy atom. The lowest BCUT2D eigenvalue weighted by atomic mass is 10.5. The summed E-state index contributed by atoms with van der Waals surface area (Å²) in [6, 6.07) is 0. The third-order valence-electron chi connectivity index (χ3n) is 1.89. The number of hydrogen-bond acceptors (Lipinski definition) is 2. The fourth-order valence-electron chi connectivity index (χ4n) is 1.08. The van der Waals surface area contributed by atoms with Crippen LogP contribution in [-0.4, -0.2) is 36.4 Å².